The molecule has 18 heavy (non-hydrogen) atoms. The molecule has 0 spiro atoms. The summed E-state index contributed by atoms with van der Waals surface area (Å²) in [6.45, 7) is 3.06. The number of carboxylic acid groups (broad SMARTS) is 1. The van der Waals surface area contributed by atoms with Gasteiger partial charge in [-0.3, -0.25) is 4.79 Å². The van der Waals surface area contributed by atoms with E-state index in [-0.39, 0.29) is 12.1 Å². The summed E-state index contributed by atoms with van der Waals surface area (Å²) in [6, 6.07) is 0.108. The average molecular weight is 254 g/mol. The highest BCUT2D eigenvalue weighted by molar-refractivity contribution is 5.76. The number of carboxylic acids is 1. The molecule has 2 amide bonds. The van der Waals surface area contributed by atoms with E-state index in [4.69, 9.17) is 5.11 Å². The molecule has 2 atom stereocenters. The first-order valence-corrected chi connectivity index (χ1v) is 6.86. The number of carbonyl (C=O) groups is 2. The summed E-state index contributed by atoms with van der Waals surface area (Å²) in [5, 5.41) is 12.0. The van der Waals surface area contributed by atoms with Crippen molar-refractivity contribution < 1.29 is 14.7 Å². The fourth-order valence-electron chi connectivity index (χ4n) is 2.71. The molecule has 1 saturated carbocycles. The van der Waals surface area contributed by atoms with Crippen molar-refractivity contribution >= 4 is 12.0 Å². The molecular weight excluding hydrogens is 232 g/mol. The third-order valence-corrected chi connectivity index (χ3v) is 4.27. The molecule has 1 unspecified atom stereocenters. The topological polar surface area (TPSA) is 69.6 Å². The molecule has 2 N–H and O–H groups in total. The quantitative estimate of drug-likeness (QED) is 0.805. The second-order valence-corrected chi connectivity index (χ2v) is 5.55. The van der Waals surface area contributed by atoms with E-state index in [0.717, 1.165) is 6.42 Å². The molecule has 1 aliphatic heterocycles. The van der Waals surface area contributed by atoms with E-state index < -0.39 is 11.9 Å². The lowest BCUT2D eigenvalue weighted by Gasteiger charge is -2.35. The number of piperidine rings is 1. The number of nitrogens with one attached hydrogen (secondary N) is 1. The standard InChI is InChI=1S/C13H22N2O3/c1-9(10-4-2-5-10)14-13(18)15-7-3-6-11(8-15)12(16)17/h9-11H,2-8H2,1H3,(H,14,18)(H,16,17)/t9?,11-/m0/s1. The van der Waals surface area contributed by atoms with E-state index in [0.29, 0.717) is 25.4 Å². The van der Waals surface area contributed by atoms with Crippen molar-refractivity contribution in [2.24, 2.45) is 11.8 Å². The van der Waals surface area contributed by atoms with Gasteiger partial charge in [0.05, 0.1) is 5.92 Å². The molecule has 2 fully saturated rings. The number of urea groups is 1. The summed E-state index contributed by atoms with van der Waals surface area (Å²) in [6.07, 6.45) is 5.10. The van der Waals surface area contributed by atoms with E-state index in [2.05, 4.69) is 5.32 Å². The molecule has 1 aliphatic carbocycles. The van der Waals surface area contributed by atoms with Gasteiger partial charge in [0.25, 0.3) is 0 Å². The lowest BCUT2D eigenvalue weighted by Crippen LogP contribution is -2.51. The third kappa shape index (κ3) is 2.94. The van der Waals surface area contributed by atoms with Crippen LogP contribution in [-0.2, 0) is 4.79 Å². The van der Waals surface area contributed by atoms with Crippen LogP contribution in [0.15, 0.2) is 0 Å². The Morgan fingerprint density at radius 1 is 1.28 bits per heavy atom. The Kier molecular flexibility index (Phi) is 4.09. The van der Waals surface area contributed by atoms with Crippen LogP contribution in [0.2, 0.25) is 0 Å². The van der Waals surface area contributed by atoms with Crippen LogP contribution in [0.25, 0.3) is 0 Å². The van der Waals surface area contributed by atoms with Crippen LogP contribution in [0, 0.1) is 11.8 Å². The van der Waals surface area contributed by atoms with Crippen molar-refractivity contribution in [1.82, 2.24) is 10.2 Å². The summed E-state index contributed by atoms with van der Waals surface area (Å²) in [5.41, 5.74) is 0. The number of nitrogens with zero attached hydrogens (tertiary/aromatic N) is 1. The Balaban J connectivity index is 1.82. The van der Waals surface area contributed by atoms with E-state index in [9.17, 15) is 9.59 Å². The van der Waals surface area contributed by atoms with Crippen LogP contribution in [0.5, 0.6) is 0 Å². The number of likely N-dealkylation sites (tertiary alicyclic amines) is 1. The Labute approximate surface area is 108 Å². The van der Waals surface area contributed by atoms with Crippen molar-refractivity contribution in [3.8, 4) is 0 Å². The van der Waals surface area contributed by atoms with Gasteiger partial charge in [-0.25, -0.2) is 4.79 Å². The van der Waals surface area contributed by atoms with Crippen LogP contribution >= 0.6 is 0 Å². The monoisotopic (exact) mass is 254 g/mol. The Hall–Kier alpha value is -1.26. The van der Waals surface area contributed by atoms with Gasteiger partial charge in [0.15, 0.2) is 0 Å². The summed E-state index contributed by atoms with van der Waals surface area (Å²) in [4.78, 5) is 24.6. The van der Waals surface area contributed by atoms with Gasteiger partial charge < -0.3 is 15.3 Å². The van der Waals surface area contributed by atoms with E-state index in [1.165, 1.54) is 19.3 Å². The Morgan fingerprint density at radius 3 is 2.56 bits per heavy atom. The molecular formula is C13H22N2O3. The second-order valence-electron chi connectivity index (χ2n) is 5.55. The SMILES string of the molecule is CC(NC(=O)N1CCC[C@H](C(=O)O)C1)C1CCC1. The van der Waals surface area contributed by atoms with Gasteiger partial charge in [-0.1, -0.05) is 6.42 Å². The number of hydrogen-bond donors (Lipinski definition) is 2. The second kappa shape index (κ2) is 5.59. The molecule has 102 valence electrons. The number of rotatable bonds is 3. The summed E-state index contributed by atoms with van der Waals surface area (Å²) in [7, 11) is 0. The van der Waals surface area contributed by atoms with Crippen molar-refractivity contribution in [1.29, 1.82) is 0 Å². The molecule has 0 radical (unpaired) electrons. The normalized spacial score (nSPS) is 26.3. The zero-order valence-electron chi connectivity index (χ0n) is 10.9. The molecule has 0 aromatic rings. The lowest BCUT2D eigenvalue weighted by atomic mass is 9.80. The minimum Gasteiger partial charge on any atom is -0.481 e. The molecule has 0 aromatic heterocycles. The predicted octanol–water partition coefficient (Wildman–Crippen LogP) is 1.68. The van der Waals surface area contributed by atoms with Gasteiger partial charge in [0.2, 0.25) is 0 Å². The van der Waals surface area contributed by atoms with Crippen molar-refractivity contribution in [3.05, 3.63) is 0 Å². The number of hydrogen-bond acceptors (Lipinski definition) is 2. The highest BCUT2D eigenvalue weighted by atomic mass is 16.4. The molecule has 2 aliphatic rings. The first kappa shape index (κ1) is 13.2. The van der Waals surface area contributed by atoms with E-state index >= 15 is 0 Å². The van der Waals surface area contributed by atoms with Crippen molar-refractivity contribution in [2.45, 2.75) is 45.1 Å². The summed E-state index contributed by atoms with van der Waals surface area (Å²) >= 11 is 0. The van der Waals surface area contributed by atoms with Gasteiger partial charge in [-0.15, -0.1) is 0 Å². The predicted molar refractivity (Wildman–Crippen MR) is 67.3 cm³/mol. The highest BCUT2D eigenvalue weighted by Gasteiger charge is 2.30. The molecule has 1 saturated heterocycles. The van der Waals surface area contributed by atoms with E-state index in [1.807, 2.05) is 6.92 Å². The first-order valence-electron chi connectivity index (χ1n) is 6.86. The number of amides is 2. The molecule has 5 heteroatoms. The van der Waals surface area contributed by atoms with Gasteiger partial charge in [-0.05, 0) is 38.5 Å². The van der Waals surface area contributed by atoms with Crippen LogP contribution in [0.4, 0.5) is 4.79 Å². The largest absolute Gasteiger partial charge is 0.481 e. The molecule has 0 aromatic carbocycles. The lowest BCUT2D eigenvalue weighted by molar-refractivity contribution is -0.143. The molecule has 5 nitrogen and oxygen atoms in total. The van der Waals surface area contributed by atoms with Crippen LogP contribution in [-0.4, -0.2) is 41.1 Å². The van der Waals surface area contributed by atoms with Crippen LogP contribution < -0.4 is 5.32 Å². The number of carbonyl (C=O) groups excluding carboxylic acids is 1. The van der Waals surface area contributed by atoms with Crippen LogP contribution in [0.1, 0.15) is 39.0 Å². The minimum absolute atomic E-state index is 0.0969. The molecule has 1 heterocycles. The van der Waals surface area contributed by atoms with E-state index in [1.54, 1.807) is 4.90 Å². The van der Waals surface area contributed by atoms with Crippen molar-refractivity contribution in [3.63, 3.8) is 0 Å². The molecule has 2 rings (SSSR count). The van der Waals surface area contributed by atoms with Gasteiger partial charge in [-0.2, -0.15) is 0 Å². The minimum atomic E-state index is -0.792. The fourth-order valence-corrected chi connectivity index (χ4v) is 2.71. The fraction of sp³-hybridized carbons (Fsp3) is 0.846. The maximum atomic E-state index is 12.0. The Morgan fingerprint density at radius 2 is 2.00 bits per heavy atom. The maximum Gasteiger partial charge on any atom is 0.317 e. The zero-order chi connectivity index (χ0) is 13.1. The highest BCUT2D eigenvalue weighted by Crippen LogP contribution is 2.29. The summed E-state index contributed by atoms with van der Waals surface area (Å²) < 4.78 is 0. The van der Waals surface area contributed by atoms with Crippen LogP contribution in [0.3, 0.4) is 0 Å². The smallest absolute Gasteiger partial charge is 0.317 e. The first-order chi connectivity index (χ1) is 8.58. The zero-order valence-corrected chi connectivity index (χ0v) is 10.9. The van der Waals surface area contributed by atoms with Gasteiger partial charge >= 0.3 is 12.0 Å². The van der Waals surface area contributed by atoms with Gasteiger partial charge in [0, 0.05) is 19.1 Å². The summed E-state index contributed by atoms with van der Waals surface area (Å²) in [5.74, 6) is -0.586. The van der Waals surface area contributed by atoms with Crippen molar-refractivity contribution in [2.75, 3.05) is 13.1 Å². The Bertz CT molecular complexity index is 328. The molecule has 0 bridgehead atoms. The third-order valence-electron chi connectivity index (χ3n) is 4.27. The van der Waals surface area contributed by atoms with Gasteiger partial charge in [0.1, 0.15) is 0 Å². The maximum absolute atomic E-state index is 12.0. The number of aliphatic carboxylic acids is 1. The average Bonchev–Trinajstić information content (AvgIpc) is 2.26.